The van der Waals surface area contributed by atoms with E-state index in [0.29, 0.717) is 29.0 Å². The number of benzene rings is 2. The summed E-state index contributed by atoms with van der Waals surface area (Å²) in [6.45, 7) is 1.28. The van der Waals surface area contributed by atoms with Gasteiger partial charge in [-0.15, -0.1) is 0 Å². The Morgan fingerprint density at radius 3 is 2.72 bits per heavy atom. The van der Waals surface area contributed by atoms with Crippen LogP contribution in [0, 0.1) is 0 Å². The summed E-state index contributed by atoms with van der Waals surface area (Å²) in [5, 5.41) is 1.34. The van der Waals surface area contributed by atoms with Crippen LogP contribution in [-0.4, -0.2) is 33.8 Å². The summed E-state index contributed by atoms with van der Waals surface area (Å²) in [7, 11) is 0. The van der Waals surface area contributed by atoms with E-state index in [-0.39, 0.29) is 17.4 Å². The third kappa shape index (κ3) is 4.77. The first-order chi connectivity index (χ1) is 14.2. The van der Waals surface area contributed by atoms with E-state index in [2.05, 4.69) is 0 Å². The lowest BCUT2D eigenvalue weighted by Gasteiger charge is -2.16. The monoisotopic (exact) mass is 408 g/mol. The van der Waals surface area contributed by atoms with Crippen molar-refractivity contribution < 1.29 is 9.53 Å². The molecule has 3 aromatic rings. The molecule has 1 saturated heterocycles. The number of carbonyl (C=O) groups is 1. The largest absolute Gasteiger partial charge is 0.376 e. The number of Topliss-reactive ketones (excluding diaryl/α,β-unsaturated/α-hetero) is 1. The van der Waals surface area contributed by atoms with Crippen LogP contribution < -0.4 is 5.56 Å². The van der Waals surface area contributed by atoms with Crippen molar-refractivity contribution in [2.24, 2.45) is 0 Å². The Morgan fingerprint density at radius 2 is 1.93 bits per heavy atom. The maximum atomic E-state index is 13.1. The minimum absolute atomic E-state index is 0.0195. The van der Waals surface area contributed by atoms with E-state index in [1.165, 1.54) is 0 Å². The van der Waals surface area contributed by atoms with E-state index in [1.54, 1.807) is 16.3 Å². The molecule has 1 aliphatic rings. The lowest BCUT2D eigenvalue weighted by Crippen LogP contribution is -2.28. The lowest BCUT2D eigenvalue weighted by atomic mass is 10.1. The zero-order valence-electron chi connectivity index (χ0n) is 16.3. The summed E-state index contributed by atoms with van der Waals surface area (Å²) in [5.41, 5.74) is 1.44. The minimum Gasteiger partial charge on any atom is -0.376 e. The van der Waals surface area contributed by atoms with Gasteiger partial charge in [-0.2, -0.15) is 0 Å². The van der Waals surface area contributed by atoms with Crippen molar-refractivity contribution in [1.82, 2.24) is 9.55 Å². The zero-order chi connectivity index (χ0) is 20.1. The van der Waals surface area contributed by atoms with Gasteiger partial charge in [-0.05, 0) is 31.4 Å². The van der Waals surface area contributed by atoms with E-state index >= 15 is 0 Å². The van der Waals surface area contributed by atoms with Gasteiger partial charge in [0.15, 0.2) is 10.9 Å². The fourth-order valence-electron chi connectivity index (χ4n) is 3.58. The molecule has 2 heterocycles. The van der Waals surface area contributed by atoms with Crippen LogP contribution in [-0.2, 0) is 11.3 Å². The standard InChI is InChI=1S/C23H24N2O3S/c26-21(17-8-2-1-3-9-17)13-7-15-29-23-24-20-12-5-4-11-19(20)22(27)25(23)16-18-10-6-14-28-18/h1-5,8-9,11-12,18H,6-7,10,13-16H2. The van der Waals surface area contributed by atoms with Gasteiger partial charge < -0.3 is 4.74 Å². The van der Waals surface area contributed by atoms with Crippen LogP contribution in [0.15, 0.2) is 64.5 Å². The molecule has 0 aliphatic carbocycles. The highest BCUT2D eigenvalue weighted by molar-refractivity contribution is 7.99. The molecule has 2 aromatic carbocycles. The van der Waals surface area contributed by atoms with E-state index in [9.17, 15) is 9.59 Å². The molecule has 0 bridgehead atoms. The third-order valence-corrected chi connectivity index (χ3v) is 6.17. The number of carbonyl (C=O) groups excluding carboxylic acids is 1. The topological polar surface area (TPSA) is 61.2 Å². The lowest BCUT2D eigenvalue weighted by molar-refractivity contribution is 0.0937. The van der Waals surface area contributed by atoms with E-state index in [1.807, 2.05) is 54.6 Å². The number of nitrogens with zero attached hydrogens (tertiary/aromatic N) is 2. The van der Waals surface area contributed by atoms with Gasteiger partial charge in [-0.1, -0.05) is 54.2 Å². The molecule has 1 atom stereocenters. The SMILES string of the molecule is O=C(CCCSc1nc2ccccc2c(=O)n1CC1CCCO1)c1ccccc1. The molecule has 1 fully saturated rings. The van der Waals surface area contributed by atoms with Crippen molar-refractivity contribution in [2.75, 3.05) is 12.4 Å². The Balaban J connectivity index is 1.48. The molecule has 0 saturated carbocycles. The number of ketones is 1. The number of ether oxygens (including phenoxy) is 1. The molecule has 0 radical (unpaired) electrons. The van der Waals surface area contributed by atoms with E-state index in [4.69, 9.17) is 9.72 Å². The number of rotatable bonds is 8. The average Bonchev–Trinajstić information content (AvgIpc) is 3.27. The molecule has 0 N–H and O–H groups in total. The van der Waals surface area contributed by atoms with Gasteiger partial charge in [0, 0.05) is 24.3 Å². The summed E-state index contributed by atoms with van der Waals surface area (Å²) < 4.78 is 7.50. The van der Waals surface area contributed by atoms with Gasteiger partial charge in [0.2, 0.25) is 0 Å². The van der Waals surface area contributed by atoms with Gasteiger partial charge in [-0.25, -0.2) is 4.98 Å². The molecule has 6 heteroatoms. The maximum Gasteiger partial charge on any atom is 0.262 e. The Kier molecular flexibility index (Phi) is 6.42. The minimum atomic E-state index is -0.0195. The van der Waals surface area contributed by atoms with Gasteiger partial charge >= 0.3 is 0 Å². The summed E-state index contributed by atoms with van der Waals surface area (Å²) in [5.74, 6) is 0.879. The maximum absolute atomic E-state index is 13.1. The predicted molar refractivity (Wildman–Crippen MR) is 116 cm³/mol. The van der Waals surface area contributed by atoms with Crippen molar-refractivity contribution in [3.63, 3.8) is 0 Å². The number of thioether (sulfide) groups is 1. The molecule has 29 heavy (non-hydrogen) atoms. The first-order valence-electron chi connectivity index (χ1n) is 10.0. The Bertz CT molecular complexity index is 1040. The molecule has 0 amide bonds. The van der Waals surface area contributed by atoms with Crippen LogP contribution in [0.4, 0.5) is 0 Å². The number of hydrogen-bond acceptors (Lipinski definition) is 5. The predicted octanol–water partition coefficient (Wildman–Crippen LogP) is 4.33. The number of fused-ring (bicyclic) bond motifs is 1. The van der Waals surface area contributed by atoms with Crippen molar-refractivity contribution in [3.05, 3.63) is 70.5 Å². The first kappa shape index (κ1) is 19.9. The fraction of sp³-hybridized carbons (Fsp3) is 0.348. The summed E-state index contributed by atoms with van der Waals surface area (Å²) in [4.78, 5) is 30.1. The van der Waals surface area contributed by atoms with E-state index in [0.717, 1.165) is 37.2 Å². The van der Waals surface area contributed by atoms with Crippen LogP contribution in [0.25, 0.3) is 10.9 Å². The van der Waals surface area contributed by atoms with Gasteiger partial charge in [0.1, 0.15) is 0 Å². The molecule has 1 unspecified atom stereocenters. The molecule has 0 spiro atoms. The Hall–Kier alpha value is -2.44. The molecule has 5 nitrogen and oxygen atoms in total. The highest BCUT2D eigenvalue weighted by atomic mass is 32.2. The van der Waals surface area contributed by atoms with Crippen LogP contribution in [0.1, 0.15) is 36.0 Å². The average molecular weight is 409 g/mol. The molecule has 4 rings (SSSR count). The zero-order valence-corrected chi connectivity index (χ0v) is 17.1. The van der Waals surface area contributed by atoms with Gasteiger partial charge in [-0.3, -0.25) is 14.2 Å². The smallest absolute Gasteiger partial charge is 0.262 e. The number of para-hydroxylation sites is 1. The molecule has 1 aromatic heterocycles. The van der Waals surface area contributed by atoms with Gasteiger partial charge in [0.05, 0.1) is 23.6 Å². The first-order valence-corrected chi connectivity index (χ1v) is 11.0. The normalized spacial score (nSPS) is 16.3. The van der Waals surface area contributed by atoms with E-state index < -0.39 is 0 Å². The summed E-state index contributed by atoms with van der Waals surface area (Å²) in [6.07, 6.45) is 3.29. The third-order valence-electron chi connectivity index (χ3n) is 5.11. The Morgan fingerprint density at radius 1 is 1.14 bits per heavy atom. The molecule has 1 aliphatic heterocycles. The molecule has 150 valence electrons. The quantitative estimate of drug-likeness (QED) is 0.240. The second kappa shape index (κ2) is 9.37. The summed E-state index contributed by atoms with van der Waals surface area (Å²) in [6, 6.07) is 16.8. The van der Waals surface area contributed by atoms with Crippen LogP contribution in [0.5, 0.6) is 0 Å². The van der Waals surface area contributed by atoms with Crippen molar-refractivity contribution in [1.29, 1.82) is 0 Å². The van der Waals surface area contributed by atoms with Crippen molar-refractivity contribution in [3.8, 4) is 0 Å². The number of hydrogen-bond donors (Lipinski definition) is 0. The van der Waals surface area contributed by atoms with Crippen LogP contribution >= 0.6 is 11.8 Å². The summed E-state index contributed by atoms with van der Waals surface area (Å²) >= 11 is 1.54. The second-order valence-corrected chi connectivity index (χ2v) is 8.27. The molecular formula is C23H24N2O3S. The van der Waals surface area contributed by atoms with Crippen molar-refractivity contribution >= 4 is 28.4 Å². The second-order valence-electron chi connectivity index (χ2n) is 7.20. The Labute approximate surface area is 174 Å². The number of aromatic nitrogens is 2. The molecular weight excluding hydrogens is 384 g/mol. The van der Waals surface area contributed by atoms with Crippen molar-refractivity contribution in [2.45, 2.75) is 43.5 Å². The highest BCUT2D eigenvalue weighted by Crippen LogP contribution is 2.22. The fourth-order valence-corrected chi connectivity index (χ4v) is 4.52. The highest BCUT2D eigenvalue weighted by Gasteiger charge is 2.20. The van der Waals surface area contributed by atoms with Crippen LogP contribution in [0.2, 0.25) is 0 Å². The van der Waals surface area contributed by atoms with Crippen LogP contribution in [0.3, 0.4) is 0 Å². The van der Waals surface area contributed by atoms with Gasteiger partial charge in [0.25, 0.3) is 5.56 Å².